The molecule has 19 heavy (non-hydrogen) atoms. The zero-order valence-corrected chi connectivity index (χ0v) is 10.2. The highest BCUT2D eigenvalue weighted by atomic mass is 16.4. The molecule has 1 aromatic carbocycles. The van der Waals surface area contributed by atoms with Crippen molar-refractivity contribution in [3.8, 4) is 6.07 Å². The quantitative estimate of drug-likeness (QED) is 0.878. The van der Waals surface area contributed by atoms with Crippen molar-refractivity contribution in [2.75, 3.05) is 5.32 Å². The summed E-state index contributed by atoms with van der Waals surface area (Å²) in [5.41, 5.74) is 2.00. The van der Waals surface area contributed by atoms with E-state index in [1.54, 1.807) is 31.2 Å². The lowest BCUT2D eigenvalue weighted by molar-refractivity contribution is 0.0696. The van der Waals surface area contributed by atoms with E-state index >= 15 is 0 Å². The van der Waals surface area contributed by atoms with Gasteiger partial charge in [0.15, 0.2) is 0 Å². The van der Waals surface area contributed by atoms with Crippen LogP contribution in [0.15, 0.2) is 36.4 Å². The minimum absolute atomic E-state index is 0.173. The molecule has 2 aromatic rings. The second kappa shape index (κ2) is 5.19. The molecule has 0 aliphatic heterocycles. The number of nitrogens with zero attached hydrogens (tertiary/aromatic N) is 2. The molecule has 0 aliphatic rings. The van der Waals surface area contributed by atoms with Crippen molar-refractivity contribution in [1.82, 2.24) is 4.98 Å². The van der Waals surface area contributed by atoms with Gasteiger partial charge in [0, 0.05) is 11.4 Å². The fraction of sp³-hybridized carbons (Fsp3) is 0.0714. The first-order chi connectivity index (χ1) is 9.08. The van der Waals surface area contributed by atoms with Crippen molar-refractivity contribution in [2.24, 2.45) is 0 Å². The van der Waals surface area contributed by atoms with Crippen LogP contribution in [0.25, 0.3) is 0 Å². The Hall–Kier alpha value is -2.87. The Bertz CT molecular complexity index is 675. The summed E-state index contributed by atoms with van der Waals surface area (Å²) in [5.74, 6) is -0.563. The third-order valence-corrected chi connectivity index (χ3v) is 2.46. The number of aromatic carboxylic acids is 1. The van der Waals surface area contributed by atoms with E-state index in [2.05, 4.69) is 10.3 Å². The molecule has 0 bridgehead atoms. The third kappa shape index (κ3) is 3.07. The van der Waals surface area contributed by atoms with Gasteiger partial charge >= 0.3 is 5.97 Å². The molecule has 2 rings (SSSR count). The molecule has 0 radical (unpaired) electrons. The molecular formula is C14H11N3O2. The van der Waals surface area contributed by atoms with E-state index in [0.29, 0.717) is 22.8 Å². The minimum Gasteiger partial charge on any atom is -0.478 e. The van der Waals surface area contributed by atoms with E-state index < -0.39 is 5.97 Å². The van der Waals surface area contributed by atoms with Crippen molar-refractivity contribution in [1.29, 1.82) is 5.26 Å². The van der Waals surface area contributed by atoms with Crippen LogP contribution in [0.1, 0.15) is 21.6 Å². The van der Waals surface area contributed by atoms with E-state index in [1.807, 2.05) is 6.07 Å². The number of nitrogens with one attached hydrogen (secondary N) is 1. The number of nitriles is 1. The second-order valence-electron chi connectivity index (χ2n) is 4.01. The predicted octanol–water partition coefficient (Wildman–Crippen LogP) is 2.70. The summed E-state index contributed by atoms with van der Waals surface area (Å²) in [5, 5.41) is 20.8. The van der Waals surface area contributed by atoms with Crippen LogP contribution in [0.5, 0.6) is 0 Å². The van der Waals surface area contributed by atoms with Gasteiger partial charge < -0.3 is 10.4 Å². The maximum Gasteiger partial charge on any atom is 0.335 e. The Labute approximate surface area is 110 Å². The number of aromatic nitrogens is 1. The van der Waals surface area contributed by atoms with Gasteiger partial charge in [0.05, 0.1) is 17.2 Å². The number of pyridine rings is 1. The number of aryl methyl sites for hydroxylation is 1. The van der Waals surface area contributed by atoms with Gasteiger partial charge in [0.25, 0.3) is 0 Å². The Kier molecular flexibility index (Phi) is 3.44. The molecule has 94 valence electrons. The van der Waals surface area contributed by atoms with Crippen molar-refractivity contribution in [3.05, 3.63) is 53.2 Å². The van der Waals surface area contributed by atoms with Crippen LogP contribution in [0.3, 0.4) is 0 Å². The average molecular weight is 253 g/mol. The number of benzene rings is 1. The van der Waals surface area contributed by atoms with Gasteiger partial charge in [-0.2, -0.15) is 5.26 Å². The van der Waals surface area contributed by atoms with Crippen molar-refractivity contribution >= 4 is 17.5 Å². The Morgan fingerprint density at radius 1 is 1.37 bits per heavy atom. The molecule has 0 spiro atoms. The predicted molar refractivity (Wildman–Crippen MR) is 70.4 cm³/mol. The lowest BCUT2D eigenvalue weighted by Gasteiger charge is -2.07. The fourth-order valence-electron chi connectivity index (χ4n) is 1.67. The van der Waals surface area contributed by atoms with Gasteiger partial charge in [-0.3, -0.25) is 0 Å². The summed E-state index contributed by atoms with van der Waals surface area (Å²) < 4.78 is 0. The average Bonchev–Trinajstić information content (AvgIpc) is 2.38. The summed E-state index contributed by atoms with van der Waals surface area (Å²) in [6, 6.07) is 11.9. The van der Waals surface area contributed by atoms with Crippen LogP contribution in [-0.2, 0) is 0 Å². The van der Waals surface area contributed by atoms with Crippen LogP contribution in [0.4, 0.5) is 11.5 Å². The molecule has 0 saturated carbocycles. The van der Waals surface area contributed by atoms with Gasteiger partial charge in [0.1, 0.15) is 5.82 Å². The molecule has 5 nitrogen and oxygen atoms in total. The van der Waals surface area contributed by atoms with E-state index in [1.165, 1.54) is 12.1 Å². The number of hydrogen-bond donors (Lipinski definition) is 2. The summed E-state index contributed by atoms with van der Waals surface area (Å²) in [4.78, 5) is 15.2. The molecular weight excluding hydrogens is 242 g/mol. The first-order valence-electron chi connectivity index (χ1n) is 5.57. The van der Waals surface area contributed by atoms with Crippen molar-refractivity contribution < 1.29 is 9.90 Å². The minimum atomic E-state index is -1.00. The standard InChI is InChI=1S/C14H11N3O2/c1-9-5-11(14(18)19)7-13(16-9)17-12-4-2-3-10(6-12)8-15/h2-7H,1H3,(H,16,17)(H,18,19). The number of anilines is 2. The van der Waals surface area contributed by atoms with Gasteiger partial charge in [-0.25, -0.2) is 9.78 Å². The van der Waals surface area contributed by atoms with Gasteiger partial charge in [0.2, 0.25) is 0 Å². The van der Waals surface area contributed by atoms with Crippen LogP contribution in [-0.4, -0.2) is 16.1 Å². The van der Waals surface area contributed by atoms with E-state index in [0.717, 1.165) is 0 Å². The maximum atomic E-state index is 11.0. The van der Waals surface area contributed by atoms with E-state index in [9.17, 15) is 4.79 Å². The maximum absolute atomic E-state index is 11.0. The SMILES string of the molecule is Cc1cc(C(=O)O)cc(Nc2cccc(C#N)c2)n1. The van der Waals surface area contributed by atoms with Crippen LogP contribution < -0.4 is 5.32 Å². The zero-order chi connectivity index (χ0) is 13.8. The molecule has 1 heterocycles. The molecule has 0 saturated heterocycles. The molecule has 0 amide bonds. The normalized spacial score (nSPS) is 9.68. The second-order valence-corrected chi connectivity index (χ2v) is 4.01. The molecule has 0 atom stereocenters. The van der Waals surface area contributed by atoms with Crippen LogP contribution in [0.2, 0.25) is 0 Å². The highest BCUT2D eigenvalue weighted by Crippen LogP contribution is 2.17. The molecule has 1 aromatic heterocycles. The topological polar surface area (TPSA) is 86.0 Å². The molecule has 0 unspecified atom stereocenters. The zero-order valence-electron chi connectivity index (χ0n) is 10.2. The molecule has 5 heteroatoms. The number of carboxylic acid groups (broad SMARTS) is 1. The monoisotopic (exact) mass is 253 g/mol. The molecule has 0 aliphatic carbocycles. The number of hydrogen-bond acceptors (Lipinski definition) is 4. The summed E-state index contributed by atoms with van der Waals surface area (Å²) in [6.07, 6.45) is 0. The Morgan fingerprint density at radius 2 is 2.16 bits per heavy atom. The highest BCUT2D eigenvalue weighted by Gasteiger charge is 2.07. The number of carbonyl (C=O) groups is 1. The summed E-state index contributed by atoms with van der Waals surface area (Å²) in [7, 11) is 0. The lowest BCUT2D eigenvalue weighted by Crippen LogP contribution is -2.02. The number of carboxylic acids is 1. The van der Waals surface area contributed by atoms with Crippen molar-refractivity contribution in [2.45, 2.75) is 6.92 Å². The van der Waals surface area contributed by atoms with E-state index in [-0.39, 0.29) is 5.56 Å². The summed E-state index contributed by atoms with van der Waals surface area (Å²) in [6.45, 7) is 1.73. The van der Waals surface area contributed by atoms with Crippen LogP contribution in [0, 0.1) is 18.3 Å². The molecule has 0 fully saturated rings. The molecule has 2 N–H and O–H groups in total. The largest absolute Gasteiger partial charge is 0.478 e. The first kappa shape index (κ1) is 12.6. The van der Waals surface area contributed by atoms with Crippen LogP contribution >= 0.6 is 0 Å². The fourth-order valence-corrected chi connectivity index (χ4v) is 1.67. The van der Waals surface area contributed by atoms with Crippen molar-refractivity contribution in [3.63, 3.8) is 0 Å². The Balaban J connectivity index is 2.33. The third-order valence-electron chi connectivity index (χ3n) is 2.46. The Morgan fingerprint density at radius 3 is 2.84 bits per heavy atom. The smallest absolute Gasteiger partial charge is 0.335 e. The summed E-state index contributed by atoms with van der Waals surface area (Å²) >= 11 is 0. The lowest BCUT2D eigenvalue weighted by atomic mass is 10.2. The first-order valence-corrected chi connectivity index (χ1v) is 5.57. The highest BCUT2D eigenvalue weighted by molar-refractivity contribution is 5.88. The van der Waals surface area contributed by atoms with Gasteiger partial charge in [-0.1, -0.05) is 6.07 Å². The van der Waals surface area contributed by atoms with Gasteiger partial charge in [-0.15, -0.1) is 0 Å². The van der Waals surface area contributed by atoms with E-state index in [4.69, 9.17) is 10.4 Å². The number of rotatable bonds is 3. The van der Waals surface area contributed by atoms with Gasteiger partial charge in [-0.05, 0) is 37.3 Å².